The molecule has 0 radical (unpaired) electrons. The number of nitrogens with zero attached hydrogens (tertiary/aromatic N) is 1. The zero-order valence-corrected chi connectivity index (χ0v) is 8.66. The third-order valence-electron chi connectivity index (χ3n) is 1.57. The Balaban J connectivity index is 2.48. The van der Waals surface area contributed by atoms with Gasteiger partial charge in [-0.2, -0.15) is 0 Å². The number of thiophene rings is 1. The molecule has 1 nitrogen and oxygen atoms in total. The van der Waals surface area contributed by atoms with Crippen LogP contribution in [-0.4, -0.2) is 3.93 Å². The van der Waals surface area contributed by atoms with E-state index in [1.807, 2.05) is 16.2 Å². The number of hydrogen-bond donors (Lipinski definition) is 0. The average molecular weight is 251 g/mol. The van der Waals surface area contributed by atoms with E-state index in [-0.39, 0.29) is 5.50 Å². The van der Waals surface area contributed by atoms with Crippen LogP contribution in [0.25, 0.3) is 6.08 Å². The van der Waals surface area contributed by atoms with E-state index in [9.17, 15) is 0 Å². The van der Waals surface area contributed by atoms with E-state index in [2.05, 4.69) is 27.6 Å². The Bertz CT molecular complexity index is 296. The molecule has 1 unspecified atom stereocenters. The van der Waals surface area contributed by atoms with Gasteiger partial charge in [0, 0.05) is 16.6 Å². The highest BCUT2D eigenvalue weighted by molar-refractivity contribution is 9.07. The summed E-state index contributed by atoms with van der Waals surface area (Å²) in [6.45, 7) is 0. The highest BCUT2D eigenvalue weighted by Crippen LogP contribution is 2.37. The summed E-state index contributed by atoms with van der Waals surface area (Å²) in [7, 11) is 0. The first kappa shape index (κ1) is 7.65. The summed E-state index contributed by atoms with van der Waals surface area (Å²) in [5, 5.41) is 2.05. The van der Waals surface area contributed by atoms with Crippen molar-refractivity contribution in [3.8, 4) is 0 Å². The van der Waals surface area contributed by atoms with Crippen molar-refractivity contribution in [2.45, 2.75) is 5.50 Å². The molecule has 0 saturated heterocycles. The minimum atomic E-state index is -0.0683. The van der Waals surface area contributed by atoms with Gasteiger partial charge in [-0.1, -0.05) is 11.6 Å². The number of rotatable bonds is 0. The van der Waals surface area contributed by atoms with E-state index in [0.717, 1.165) is 0 Å². The molecular weight excluding hydrogens is 246 g/mol. The van der Waals surface area contributed by atoms with E-state index in [1.54, 1.807) is 11.3 Å². The Labute approximate surface area is 82.6 Å². The van der Waals surface area contributed by atoms with Gasteiger partial charge in [0.1, 0.15) is 5.50 Å². The summed E-state index contributed by atoms with van der Waals surface area (Å²) in [5.74, 6) is 0. The molecule has 1 aliphatic heterocycles. The standard InChI is InChI=1S/C7H5BrClNS/c8-10-3-1-6-5(7(10)9)2-4-11-6/h1-4,7H. The summed E-state index contributed by atoms with van der Waals surface area (Å²) in [6.07, 6.45) is 3.98. The second kappa shape index (κ2) is 2.81. The Morgan fingerprint density at radius 1 is 1.64 bits per heavy atom. The Morgan fingerprint density at radius 2 is 2.45 bits per heavy atom. The van der Waals surface area contributed by atoms with Gasteiger partial charge in [0.25, 0.3) is 0 Å². The van der Waals surface area contributed by atoms with Crippen LogP contribution in [0.15, 0.2) is 17.6 Å². The smallest absolute Gasteiger partial charge is 0.140 e. The van der Waals surface area contributed by atoms with Gasteiger partial charge < -0.3 is 0 Å². The molecule has 1 aromatic rings. The molecule has 4 heteroatoms. The van der Waals surface area contributed by atoms with Crippen molar-refractivity contribution in [2.24, 2.45) is 0 Å². The van der Waals surface area contributed by atoms with E-state index in [1.165, 1.54) is 10.4 Å². The van der Waals surface area contributed by atoms with Gasteiger partial charge in [0.2, 0.25) is 0 Å². The second-order valence-corrected chi connectivity index (χ2v) is 4.42. The van der Waals surface area contributed by atoms with Gasteiger partial charge in [0.05, 0.1) is 16.1 Å². The maximum atomic E-state index is 6.07. The van der Waals surface area contributed by atoms with Gasteiger partial charge in [-0.05, 0) is 17.5 Å². The van der Waals surface area contributed by atoms with Crippen molar-refractivity contribution in [1.29, 1.82) is 0 Å². The lowest BCUT2D eigenvalue weighted by molar-refractivity contribution is 0.609. The lowest BCUT2D eigenvalue weighted by Crippen LogP contribution is -2.10. The molecule has 0 fully saturated rings. The lowest BCUT2D eigenvalue weighted by atomic mass is 10.2. The normalized spacial score (nSPS) is 22.0. The number of alkyl halides is 1. The van der Waals surface area contributed by atoms with Crippen LogP contribution in [0, 0.1) is 0 Å². The molecule has 11 heavy (non-hydrogen) atoms. The van der Waals surface area contributed by atoms with Gasteiger partial charge in [-0.3, -0.25) is 3.93 Å². The summed E-state index contributed by atoms with van der Waals surface area (Å²) >= 11 is 11.1. The van der Waals surface area contributed by atoms with Crippen LogP contribution in [0.4, 0.5) is 0 Å². The Morgan fingerprint density at radius 3 is 3.27 bits per heavy atom. The first-order valence-electron chi connectivity index (χ1n) is 3.13. The van der Waals surface area contributed by atoms with Crippen LogP contribution in [0.1, 0.15) is 15.9 Å². The lowest BCUT2D eigenvalue weighted by Gasteiger charge is -2.21. The maximum Gasteiger partial charge on any atom is 0.140 e. The third-order valence-corrected chi connectivity index (χ3v) is 3.79. The van der Waals surface area contributed by atoms with Crippen LogP contribution >= 0.6 is 39.1 Å². The first-order chi connectivity index (χ1) is 5.29. The van der Waals surface area contributed by atoms with Crippen molar-refractivity contribution >= 4 is 45.2 Å². The molecular formula is C7H5BrClNS. The van der Waals surface area contributed by atoms with Gasteiger partial charge in [-0.15, -0.1) is 11.3 Å². The maximum absolute atomic E-state index is 6.07. The largest absolute Gasteiger partial charge is 0.294 e. The SMILES string of the molecule is ClC1c2ccsc2C=CN1Br. The van der Waals surface area contributed by atoms with Crippen LogP contribution in [0.2, 0.25) is 0 Å². The molecule has 1 atom stereocenters. The quantitative estimate of drug-likeness (QED) is 0.386. The monoisotopic (exact) mass is 249 g/mol. The topological polar surface area (TPSA) is 3.24 Å². The van der Waals surface area contributed by atoms with Crippen LogP contribution < -0.4 is 0 Å². The fourth-order valence-corrected chi connectivity index (χ4v) is 2.49. The Kier molecular flexibility index (Phi) is 1.95. The number of hydrogen-bond acceptors (Lipinski definition) is 2. The first-order valence-corrected chi connectivity index (χ1v) is 5.15. The molecule has 0 aromatic carbocycles. The second-order valence-electron chi connectivity index (χ2n) is 2.24. The molecule has 0 N–H and O–H groups in total. The predicted octanol–water partition coefficient (Wildman–Crippen LogP) is 3.58. The van der Waals surface area contributed by atoms with Gasteiger partial charge in [0.15, 0.2) is 0 Å². The highest BCUT2D eigenvalue weighted by Gasteiger charge is 2.19. The van der Waals surface area contributed by atoms with Crippen molar-refractivity contribution in [3.63, 3.8) is 0 Å². The third kappa shape index (κ3) is 1.21. The van der Waals surface area contributed by atoms with Crippen molar-refractivity contribution in [2.75, 3.05) is 0 Å². The van der Waals surface area contributed by atoms with E-state index < -0.39 is 0 Å². The van der Waals surface area contributed by atoms with E-state index in [0.29, 0.717) is 0 Å². The molecule has 1 aliphatic rings. The van der Waals surface area contributed by atoms with Crippen molar-refractivity contribution < 1.29 is 0 Å². The molecule has 0 bridgehead atoms. The van der Waals surface area contributed by atoms with Gasteiger partial charge >= 0.3 is 0 Å². The van der Waals surface area contributed by atoms with Crippen molar-refractivity contribution in [3.05, 3.63) is 28.1 Å². The van der Waals surface area contributed by atoms with Gasteiger partial charge in [-0.25, -0.2) is 0 Å². The summed E-state index contributed by atoms with van der Waals surface area (Å²) in [5.41, 5.74) is 1.11. The zero-order valence-electron chi connectivity index (χ0n) is 5.50. The Hall–Kier alpha value is 0.01000. The fourth-order valence-electron chi connectivity index (χ4n) is 1.01. The fraction of sp³-hybridized carbons (Fsp3) is 0.143. The van der Waals surface area contributed by atoms with Crippen molar-refractivity contribution in [1.82, 2.24) is 3.93 Å². The highest BCUT2D eigenvalue weighted by atomic mass is 79.9. The molecule has 0 spiro atoms. The zero-order chi connectivity index (χ0) is 7.84. The van der Waals surface area contributed by atoms with E-state index >= 15 is 0 Å². The average Bonchev–Trinajstić information content (AvgIpc) is 2.45. The summed E-state index contributed by atoms with van der Waals surface area (Å²) in [6, 6.07) is 2.05. The van der Waals surface area contributed by atoms with Crippen LogP contribution in [0.3, 0.4) is 0 Å². The van der Waals surface area contributed by atoms with E-state index in [4.69, 9.17) is 11.6 Å². The summed E-state index contributed by atoms with van der Waals surface area (Å²) < 4.78 is 1.81. The molecule has 0 amide bonds. The number of fused-ring (bicyclic) bond motifs is 1. The molecule has 1 aromatic heterocycles. The van der Waals surface area contributed by atoms with Crippen LogP contribution in [0.5, 0.6) is 0 Å². The minimum Gasteiger partial charge on any atom is -0.294 e. The molecule has 2 rings (SSSR count). The molecule has 58 valence electrons. The molecule has 0 saturated carbocycles. The molecule has 0 aliphatic carbocycles. The predicted molar refractivity (Wildman–Crippen MR) is 52.7 cm³/mol. The van der Waals surface area contributed by atoms with Crippen LogP contribution in [-0.2, 0) is 0 Å². The molecule has 2 heterocycles. The minimum absolute atomic E-state index is 0.0683. The summed E-state index contributed by atoms with van der Waals surface area (Å²) in [4.78, 5) is 1.25. The number of halogens is 2.